The number of halogens is 1. The first kappa shape index (κ1) is 14.5. The van der Waals surface area contributed by atoms with Crippen molar-refractivity contribution in [3.8, 4) is 0 Å². The molecule has 22 heavy (non-hydrogen) atoms. The number of aromatic nitrogens is 2. The van der Waals surface area contributed by atoms with Crippen LogP contribution in [0.15, 0.2) is 30.6 Å². The molecule has 1 saturated heterocycles. The molecule has 1 fully saturated rings. The van der Waals surface area contributed by atoms with E-state index < -0.39 is 0 Å². The first-order valence-corrected chi connectivity index (χ1v) is 7.20. The van der Waals surface area contributed by atoms with Gasteiger partial charge in [0.05, 0.1) is 5.69 Å². The second-order valence-corrected chi connectivity index (χ2v) is 5.35. The number of nitrogens with two attached hydrogens (primary N) is 1. The Labute approximate surface area is 128 Å². The van der Waals surface area contributed by atoms with Gasteiger partial charge in [-0.1, -0.05) is 12.1 Å². The molecule has 0 aliphatic carbocycles. The van der Waals surface area contributed by atoms with E-state index in [2.05, 4.69) is 32.1 Å². The lowest BCUT2D eigenvalue weighted by molar-refractivity contribution is 0.312. The molecule has 0 amide bonds. The number of likely N-dealkylation sites (N-methyl/N-ethyl adjacent to an activating group) is 1. The molecule has 0 radical (unpaired) electrons. The van der Waals surface area contributed by atoms with Crippen LogP contribution in [0.4, 0.5) is 27.4 Å². The van der Waals surface area contributed by atoms with E-state index in [1.54, 1.807) is 18.2 Å². The highest BCUT2D eigenvalue weighted by molar-refractivity contribution is 5.78. The van der Waals surface area contributed by atoms with Crippen molar-refractivity contribution in [2.75, 3.05) is 49.2 Å². The average molecular weight is 302 g/mol. The Morgan fingerprint density at radius 2 is 1.86 bits per heavy atom. The SMILES string of the molecule is CN1CCN(c2ncnc(Nc3ccccc3F)c2N)CC1. The average Bonchev–Trinajstić information content (AvgIpc) is 2.52. The van der Waals surface area contributed by atoms with Gasteiger partial charge in [-0.2, -0.15) is 0 Å². The number of hydrogen-bond donors (Lipinski definition) is 2. The van der Waals surface area contributed by atoms with Crippen molar-refractivity contribution in [1.29, 1.82) is 0 Å². The molecule has 0 saturated carbocycles. The number of nitrogens with zero attached hydrogens (tertiary/aromatic N) is 4. The van der Waals surface area contributed by atoms with Crippen molar-refractivity contribution in [3.05, 3.63) is 36.4 Å². The molecule has 2 heterocycles. The van der Waals surface area contributed by atoms with Gasteiger partial charge in [-0.05, 0) is 19.2 Å². The summed E-state index contributed by atoms with van der Waals surface area (Å²) in [5.74, 6) is 0.776. The summed E-state index contributed by atoms with van der Waals surface area (Å²) in [6.45, 7) is 3.63. The van der Waals surface area contributed by atoms with Gasteiger partial charge < -0.3 is 20.9 Å². The second-order valence-electron chi connectivity index (χ2n) is 5.35. The highest BCUT2D eigenvalue weighted by Gasteiger charge is 2.19. The fourth-order valence-corrected chi connectivity index (χ4v) is 2.45. The summed E-state index contributed by atoms with van der Waals surface area (Å²) in [7, 11) is 2.09. The summed E-state index contributed by atoms with van der Waals surface area (Å²) in [5.41, 5.74) is 6.97. The van der Waals surface area contributed by atoms with Gasteiger partial charge in [-0.3, -0.25) is 0 Å². The number of nitrogen functional groups attached to an aromatic ring is 1. The molecule has 1 aliphatic rings. The number of benzene rings is 1. The van der Waals surface area contributed by atoms with Crippen molar-refractivity contribution < 1.29 is 4.39 Å². The number of rotatable bonds is 3. The van der Waals surface area contributed by atoms with E-state index >= 15 is 0 Å². The van der Waals surface area contributed by atoms with Gasteiger partial charge in [0, 0.05) is 26.2 Å². The Hall–Kier alpha value is -2.41. The smallest absolute Gasteiger partial charge is 0.159 e. The predicted octanol–water partition coefficient (Wildman–Crippen LogP) is 1.69. The van der Waals surface area contributed by atoms with Crippen molar-refractivity contribution >= 4 is 23.0 Å². The number of piperazine rings is 1. The summed E-state index contributed by atoms with van der Waals surface area (Å²) < 4.78 is 13.7. The van der Waals surface area contributed by atoms with Crippen molar-refractivity contribution in [3.63, 3.8) is 0 Å². The summed E-state index contributed by atoms with van der Waals surface area (Å²) in [5, 5.41) is 2.94. The zero-order chi connectivity index (χ0) is 15.5. The zero-order valence-electron chi connectivity index (χ0n) is 12.5. The molecule has 3 rings (SSSR count). The third-order valence-corrected chi connectivity index (χ3v) is 3.79. The lowest BCUT2D eigenvalue weighted by atomic mass is 10.3. The standard InChI is InChI=1S/C15H19FN6/c1-21-6-8-22(9-7-21)15-13(17)14(18-10-19-15)20-12-5-3-2-4-11(12)16/h2-5,10H,6-9,17H2,1H3,(H,18,19,20). The van der Waals surface area contributed by atoms with Crippen LogP contribution >= 0.6 is 0 Å². The van der Waals surface area contributed by atoms with Gasteiger partial charge >= 0.3 is 0 Å². The number of para-hydroxylation sites is 1. The van der Waals surface area contributed by atoms with Crippen molar-refractivity contribution in [1.82, 2.24) is 14.9 Å². The number of hydrogen-bond acceptors (Lipinski definition) is 6. The Bertz CT molecular complexity index is 654. The third-order valence-electron chi connectivity index (χ3n) is 3.79. The highest BCUT2D eigenvalue weighted by atomic mass is 19.1. The first-order chi connectivity index (χ1) is 10.6. The summed E-state index contributed by atoms with van der Waals surface area (Å²) in [4.78, 5) is 12.8. The maximum absolute atomic E-state index is 13.7. The summed E-state index contributed by atoms with van der Waals surface area (Å²) in [6.07, 6.45) is 1.45. The quantitative estimate of drug-likeness (QED) is 0.899. The van der Waals surface area contributed by atoms with Crippen molar-refractivity contribution in [2.24, 2.45) is 0 Å². The molecule has 1 aliphatic heterocycles. The van der Waals surface area contributed by atoms with Gasteiger partial charge in [-0.15, -0.1) is 0 Å². The van der Waals surface area contributed by atoms with Crippen LogP contribution in [0.1, 0.15) is 0 Å². The number of nitrogens with one attached hydrogen (secondary N) is 1. The Balaban J connectivity index is 1.84. The Morgan fingerprint density at radius 3 is 2.59 bits per heavy atom. The maximum Gasteiger partial charge on any atom is 0.159 e. The van der Waals surface area contributed by atoms with E-state index in [4.69, 9.17) is 5.73 Å². The molecular weight excluding hydrogens is 283 g/mol. The molecular formula is C15H19FN6. The molecule has 6 nitrogen and oxygen atoms in total. The van der Waals surface area contributed by atoms with Crippen LogP contribution in [0.25, 0.3) is 0 Å². The van der Waals surface area contributed by atoms with E-state index in [-0.39, 0.29) is 5.82 Å². The van der Waals surface area contributed by atoms with Crippen molar-refractivity contribution in [2.45, 2.75) is 0 Å². The van der Waals surface area contributed by atoms with E-state index in [0.717, 1.165) is 26.2 Å². The van der Waals surface area contributed by atoms with E-state index in [9.17, 15) is 4.39 Å². The monoisotopic (exact) mass is 302 g/mol. The fourth-order valence-electron chi connectivity index (χ4n) is 2.45. The van der Waals surface area contributed by atoms with Gasteiger partial charge in [0.1, 0.15) is 17.8 Å². The van der Waals surface area contributed by atoms with Gasteiger partial charge in [0.2, 0.25) is 0 Å². The predicted molar refractivity (Wildman–Crippen MR) is 85.8 cm³/mol. The van der Waals surface area contributed by atoms with Crippen LogP contribution in [0.3, 0.4) is 0 Å². The van der Waals surface area contributed by atoms with Crippen LogP contribution in [0, 0.1) is 5.82 Å². The molecule has 1 aromatic carbocycles. The van der Waals surface area contributed by atoms with Gasteiger partial charge in [-0.25, -0.2) is 14.4 Å². The first-order valence-electron chi connectivity index (χ1n) is 7.20. The molecule has 0 spiro atoms. The molecule has 0 atom stereocenters. The lowest BCUT2D eigenvalue weighted by Crippen LogP contribution is -2.45. The van der Waals surface area contributed by atoms with E-state index in [0.29, 0.717) is 23.0 Å². The van der Waals surface area contributed by atoms with Gasteiger partial charge in [0.25, 0.3) is 0 Å². The Morgan fingerprint density at radius 1 is 1.14 bits per heavy atom. The van der Waals surface area contributed by atoms with E-state index in [1.807, 2.05) is 0 Å². The van der Waals surface area contributed by atoms with Crippen LogP contribution in [0.2, 0.25) is 0 Å². The van der Waals surface area contributed by atoms with Crippen LogP contribution in [-0.4, -0.2) is 48.1 Å². The lowest BCUT2D eigenvalue weighted by Gasteiger charge is -2.33. The molecule has 1 aromatic heterocycles. The second kappa shape index (κ2) is 6.15. The zero-order valence-corrected chi connectivity index (χ0v) is 12.5. The van der Waals surface area contributed by atoms with Crippen LogP contribution in [0.5, 0.6) is 0 Å². The molecule has 7 heteroatoms. The fraction of sp³-hybridized carbons (Fsp3) is 0.333. The third kappa shape index (κ3) is 2.94. The minimum atomic E-state index is -0.346. The molecule has 116 valence electrons. The minimum absolute atomic E-state index is 0.345. The molecule has 2 aromatic rings. The van der Waals surface area contributed by atoms with Gasteiger partial charge in [0.15, 0.2) is 11.6 Å². The Kier molecular flexibility index (Phi) is 4.06. The largest absolute Gasteiger partial charge is 0.393 e. The minimum Gasteiger partial charge on any atom is -0.393 e. The molecule has 0 bridgehead atoms. The topological polar surface area (TPSA) is 70.3 Å². The highest BCUT2D eigenvalue weighted by Crippen LogP contribution is 2.29. The summed E-state index contributed by atoms with van der Waals surface area (Å²) >= 11 is 0. The maximum atomic E-state index is 13.7. The van der Waals surface area contributed by atoms with Crippen LogP contribution in [-0.2, 0) is 0 Å². The molecule has 0 unspecified atom stereocenters. The summed E-state index contributed by atoms with van der Waals surface area (Å²) in [6, 6.07) is 6.43. The normalized spacial score (nSPS) is 15.8. The van der Waals surface area contributed by atoms with Crippen LogP contribution < -0.4 is 16.0 Å². The van der Waals surface area contributed by atoms with E-state index in [1.165, 1.54) is 12.4 Å². The molecule has 3 N–H and O–H groups in total. The number of anilines is 4.